The van der Waals surface area contributed by atoms with Gasteiger partial charge in [-0.3, -0.25) is 10.6 Å². The maximum absolute atomic E-state index is 9.21. The minimum absolute atomic E-state index is 0.190. The summed E-state index contributed by atoms with van der Waals surface area (Å²) in [5.41, 5.74) is 6.12. The zero-order chi connectivity index (χ0) is 10.1. The van der Waals surface area contributed by atoms with Crippen LogP contribution in [0.5, 0.6) is 0 Å². The van der Waals surface area contributed by atoms with E-state index in [4.69, 9.17) is 5.73 Å². The molecule has 4 nitrogen and oxygen atoms in total. The first-order valence-electron chi connectivity index (χ1n) is 5.26. The van der Waals surface area contributed by atoms with Gasteiger partial charge in [-0.15, -0.1) is 11.8 Å². The van der Waals surface area contributed by atoms with Gasteiger partial charge in [0.25, 0.3) is 0 Å². The molecule has 5 N–H and O–H groups in total. The van der Waals surface area contributed by atoms with Gasteiger partial charge in [0.1, 0.15) is 11.7 Å². The van der Waals surface area contributed by atoms with E-state index in [1.807, 2.05) is 11.8 Å². The summed E-state index contributed by atoms with van der Waals surface area (Å²) in [4.78, 5) is 0. The molecule has 0 radical (unpaired) electrons. The molecule has 0 aromatic carbocycles. The summed E-state index contributed by atoms with van der Waals surface area (Å²) >= 11 is 1.86. The number of rotatable bonds is 2. The van der Waals surface area contributed by atoms with Gasteiger partial charge in [-0.25, -0.2) is 0 Å². The van der Waals surface area contributed by atoms with Crippen molar-refractivity contribution in [3.8, 4) is 0 Å². The van der Waals surface area contributed by atoms with Gasteiger partial charge in [0.05, 0.1) is 0 Å². The second kappa shape index (κ2) is 4.37. The van der Waals surface area contributed by atoms with E-state index in [1.165, 1.54) is 0 Å². The maximum Gasteiger partial charge on any atom is 0.108 e. The normalized spacial score (nSPS) is 44.8. The van der Waals surface area contributed by atoms with E-state index in [9.17, 15) is 5.11 Å². The van der Waals surface area contributed by atoms with E-state index in [2.05, 4.69) is 10.6 Å². The maximum atomic E-state index is 9.21. The standard InChI is InChI=1S/C9H19N3OS/c1-5(13)11-9-12-7-3-2-6(10)4-8(7)14-9/h5-9,11-13H,2-4,10H2,1H3. The third kappa shape index (κ3) is 2.41. The van der Waals surface area contributed by atoms with E-state index in [0.29, 0.717) is 17.3 Å². The minimum Gasteiger partial charge on any atom is -0.379 e. The molecule has 2 aliphatic rings. The van der Waals surface area contributed by atoms with Crippen molar-refractivity contribution in [3.05, 3.63) is 0 Å². The van der Waals surface area contributed by atoms with Crippen LogP contribution in [-0.4, -0.2) is 34.2 Å². The summed E-state index contributed by atoms with van der Waals surface area (Å²) < 4.78 is 0. The average Bonchev–Trinajstić information content (AvgIpc) is 2.44. The molecule has 1 saturated carbocycles. The summed E-state index contributed by atoms with van der Waals surface area (Å²) in [6.45, 7) is 1.75. The number of hydrogen-bond acceptors (Lipinski definition) is 5. The molecular formula is C9H19N3OS. The molecule has 5 unspecified atom stereocenters. The number of thioether (sulfide) groups is 1. The monoisotopic (exact) mass is 217 g/mol. The molecule has 0 aromatic rings. The van der Waals surface area contributed by atoms with Crippen LogP contribution in [0.15, 0.2) is 0 Å². The highest BCUT2D eigenvalue weighted by Gasteiger charge is 2.38. The SMILES string of the molecule is CC(O)NC1NC2CCC(N)CC2S1. The molecule has 1 aliphatic carbocycles. The van der Waals surface area contributed by atoms with Crippen LogP contribution in [0.1, 0.15) is 26.2 Å². The first kappa shape index (κ1) is 10.7. The van der Waals surface area contributed by atoms with Crippen molar-refractivity contribution in [2.45, 2.75) is 55.2 Å². The van der Waals surface area contributed by atoms with Crippen LogP contribution in [0, 0.1) is 0 Å². The Bertz CT molecular complexity index is 202. The molecule has 1 heterocycles. The van der Waals surface area contributed by atoms with Gasteiger partial charge in [0, 0.05) is 17.3 Å². The molecule has 1 aliphatic heterocycles. The lowest BCUT2D eigenvalue weighted by molar-refractivity contribution is 0.147. The van der Waals surface area contributed by atoms with E-state index in [-0.39, 0.29) is 5.50 Å². The minimum atomic E-state index is -0.450. The van der Waals surface area contributed by atoms with Crippen molar-refractivity contribution in [1.82, 2.24) is 10.6 Å². The quantitative estimate of drug-likeness (QED) is 0.482. The first-order chi connectivity index (χ1) is 6.65. The molecule has 82 valence electrons. The van der Waals surface area contributed by atoms with Crippen molar-refractivity contribution >= 4 is 11.8 Å². The second-order valence-electron chi connectivity index (χ2n) is 4.24. The molecule has 0 bridgehead atoms. The van der Waals surface area contributed by atoms with Crippen LogP contribution in [0.25, 0.3) is 0 Å². The number of nitrogens with two attached hydrogens (primary N) is 1. The topological polar surface area (TPSA) is 70.3 Å². The number of hydrogen-bond donors (Lipinski definition) is 4. The Hall–Kier alpha value is 0.190. The van der Waals surface area contributed by atoms with Gasteiger partial charge in [0.15, 0.2) is 0 Å². The van der Waals surface area contributed by atoms with E-state index in [0.717, 1.165) is 19.3 Å². The summed E-state index contributed by atoms with van der Waals surface area (Å²) in [6.07, 6.45) is 2.93. The van der Waals surface area contributed by atoms with Crippen LogP contribution in [0.3, 0.4) is 0 Å². The number of fused-ring (bicyclic) bond motifs is 1. The fraction of sp³-hybridized carbons (Fsp3) is 1.00. The Balaban J connectivity index is 1.86. The lowest BCUT2D eigenvalue weighted by Gasteiger charge is -2.27. The number of aliphatic hydroxyl groups excluding tert-OH is 1. The van der Waals surface area contributed by atoms with Crippen molar-refractivity contribution in [2.24, 2.45) is 5.73 Å². The Labute approximate surface area is 89.0 Å². The van der Waals surface area contributed by atoms with Crippen LogP contribution >= 0.6 is 11.8 Å². The third-order valence-electron chi connectivity index (χ3n) is 2.90. The fourth-order valence-corrected chi connectivity index (χ4v) is 3.86. The van der Waals surface area contributed by atoms with Crippen LogP contribution < -0.4 is 16.4 Å². The molecular weight excluding hydrogens is 198 g/mol. The highest BCUT2D eigenvalue weighted by molar-refractivity contribution is 8.00. The van der Waals surface area contributed by atoms with Crippen LogP contribution in [0.2, 0.25) is 0 Å². The molecule has 2 rings (SSSR count). The summed E-state index contributed by atoms with van der Waals surface area (Å²) in [6, 6.07) is 0.951. The van der Waals surface area contributed by atoms with Gasteiger partial charge >= 0.3 is 0 Å². The van der Waals surface area contributed by atoms with Crippen molar-refractivity contribution in [3.63, 3.8) is 0 Å². The van der Waals surface area contributed by atoms with Crippen molar-refractivity contribution in [2.75, 3.05) is 0 Å². The van der Waals surface area contributed by atoms with Gasteiger partial charge in [0.2, 0.25) is 0 Å². The second-order valence-corrected chi connectivity index (χ2v) is 5.59. The number of aliphatic hydroxyl groups is 1. The molecule has 1 saturated heterocycles. The molecule has 0 aromatic heterocycles. The van der Waals surface area contributed by atoms with Gasteiger partial charge in [-0.1, -0.05) is 0 Å². The molecule has 2 fully saturated rings. The zero-order valence-electron chi connectivity index (χ0n) is 8.44. The fourth-order valence-electron chi connectivity index (χ4n) is 2.22. The van der Waals surface area contributed by atoms with Crippen LogP contribution in [0.4, 0.5) is 0 Å². The Kier molecular flexibility index (Phi) is 3.34. The van der Waals surface area contributed by atoms with Crippen molar-refractivity contribution < 1.29 is 5.11 Å². The summed E-state index contributed by atoms with van der Waals surface area (Å²) in [7, 11) is 0. The van der Waals surface area contributed by atoms with E-state index < -0.39 is 6.23 Å². The lowest BCUT2D eigenvalue weighted by Crippen LogP contribution is -2.46. The highest BCUT2D eigenvalue weighted by Crippen LogP contribution is 2.35. The van der Waals surface area contributed by atoms with Gasteiger partial charge in [-0.05, 0) is 26.2 Å². The predicted octanol–water partition coefficient (Wildman–Crippen LogP) is -0.217. The zero-order valence-corrected chi connectivity index (χ0v) is 9.26. The number of nitrogens with one attached hydrogen (secondary N) is 2. The van der Waals surface area contributed by atoms with E-state index >= 15 is 0 Å². The smallest absolute Gasteiger partial charge is 0.108 e. The Morgan fingerprint density at radius 3 is 3.07 bits per heavy atom. The largest absolute Gasteiger partial charge is 0.379 e. The molecule has 5 atom stereocenters. The van der Waals surface area contributed by atoms with Crippen LogP contribution in [-0.2, 0) is 0 Å². The summed E-state index contributed by atoms with van der Waals surface area (Å²) in [5, 5.41) is 16.4. The Morgan fingerprint density at radius 2 is 2.36 bits per heavy atom. The lowest BCUT2D eigenvalue weighted by atomic mass is 9.91. The molecule has 0 spiro atoms. The molecule has 14 heavy (non-hydrogen) atoms. The van der Waals surface area contributed by atoms with Gasteiger partial charge in [-0.2, -0.15) is 0 Å². The molecule has 5 heteroatoms. The Morgan fingerprint density at radius 1 is 1.57 bits per heavy atom. The average molecular weight is 217 g/mol. The molecule has 0 amide bonds. The highest BCUT2D eigenvalue weighted by atomic mass is 32.2. The van der Waals surface area contributed by atoms with E-state index in [1.54, 1.807) is 6.92 Å². The predicted molar refractivity (Wildman–Crippen MR) is 58.7 cm³/mol. The van der Waals surface area contributed by atoms with Gasteiger partial charge < -0.3 is 10.8 Å². The third-order valence-corrected chi connectivity index (χ3v) is 4.32. The van der Waals surface area contributed by atoms with Crippen molar-refractivity contribution in [1.29, 1.82) is 0 Å². The first-order valence-corrected chi connectivity index (χ1v) is 6.20. The summed E-state index contributed by atoms with van der Waals surface area (Å²) in [5.74, 6) is 0.